The Hall–Kier alpha value is -0.600. The molecule has 0 aliphatic rings. The van der Waals surface area contributed by atoms with Gasteiger partial charge in [0.1, 0.15) is 5.82 Å². The molecule has 0 aromatic heterocycles. The van der Waals surface area contributed by atoms with Crippen molar-refractivity contribution in [2.75, 3.05) is 0 Å². The van der Waals surface area contributed by atoms with Gasteiger partial charge in [0.15, 0.2) is 0 Å². The van der Waals surface area contributed by atoms with Gasteiger partial charge in [0.2, 0.25) is 0 Å². The highest BCUT2D eigenvalue weighted by molar-refractivity contribution is 6.30. The van der Waals surface area contributed by atoms with Crippen LogP contribution >= 0.6 is 11.6 Å². The van der Waals surface area contributed by atoms with E-state index in [9.17, 15) is 4.39 Å². The van der Waals surface area contributed by atoms with Crippen LogP contribution in [0.5, 0.6) is 0 Å². The minimum absolute atomic E-state index is 0.0969. The summed E-state index contributed by atoms with van der Waals surface area (Å²) in [5, 5.41) is 8.82. The van der Waals surface area contributed by atoms with Crippen molar-refractivity contribution in [2.24, 2.45) is 0 Å². The fourth-order valence-electron chi connectivity index (χ4n) is 0.858. The maximum atomic E-state index is 12.7. The second-order valence-electron chi connectivity index (χ2n) is 2.35. The highest BCUT2D eigenvalue weighted by Gasteiger charge is 2.03. The Bertz CT molecular complexity index is 275. The summed E-state index contributed by atoms with van der Waals surface area (Å²) in [5.41, 5.74) is 1.38. The molecule has 0 aliphatic heterocycles. The van der Waals surface area contributed by atoms with E-state index in [0.717, 1.165) is 5.56 Å². The van der Waals surface area contributed by atoms with Crippen LogP contribution in [0.3, 0.4) is 0 Å². The Morgan fingerprint density at radius 1 is 1.20 bits per heavy atom. The molecule has 15 heavy (non-hydrogen) atoms. The van der Waals surface area contributed by atoms with Crippen molar-refractivity contribution in [3.63, 3.8) is 0 Å². The summed E-state index contributed by atoms with van der Waals surface area (Å²) >= 11 is 5.49. The van der Waals surface area contributed by atoms with Crippen molar-refractivity contribution in [3.8, 4) is 0 Å². The Kier molecular flexibility index (Phi) is 11.1. The summed E-state index contributed by atoms with van der Waals surface area (Å²) in [5.74, 6) is -0.485. The maximum absolute atomic E-state index is 12.7. The number of hydrogen-bond donors (Lipinski definition) is 1. The molecule has 0 bridgehead atoms. The third-order valence-corrected chi connectivity index (χ3v) is 1.84. The van der Waals surface area contributed by atoms with E-state index >= 15 is 0 Å². The van der Waals surface area contributed by atoms with E-state index < -0.39 is 5.82 Å². The largest absolute Gasteiger partial charge is 0.392 e. The van der Waals surface area contributed by atoms with Gasteiger partial charge in [-0.3, -0.25) is 0 Å². The Morgan fingerprint density at radius 2 is 1.67 bits per heavy atom. The van der Waals surface area contributed by atoms with E-state index in [1.54, 1.807) is 6.92 Å². The van der Waals surface area contributed by atoms with Crippen LogP contribution in [-0.4, -0.2) is 5.11 Å². The first kappa shape index (κ1) is 16.8. The Labute approximate surface area is 96.9 Å². The van der Waals surface area contributed by atoms with Crippen LogP contribution in [-0.2, 0) is 6.61 Å². The van der Waals surface area contributed by atoms with Gasteiger partial charge in [0.25, 0.3) is 0 Å². The lowest BCUT2D eigenvalue weighted by atomic mass is 10.1. The number of halogens is 2. The molecule has 1 rings (SSSR count). The van der Waals surface area contributed by atoms with Crippen LogP contribution in [0.1, 0.15) is 38.8 Å². The summed E-state index contributed by atoms with van der Waals surface area (Å²) in [4.78, 5) is 0. The zero-order chi connectivity index (χ0) is 12.4. The minimum atomic E-state index is -0.485. The number of rotatable bonds is 1. The molecule has 0 atom stereocenters. The zero-order valence-corrected chi connectivity index (χ0v) is 10.8. The van der Waals surface area contributed by atoms with Crippen molar-refractivity contribution in [2.45, 2.75) is 41.2 Å². The maximum Gasteiger partial charge on any atom is 0.142 e. The average Bonchev–Trinajstić information content (AvgIpc) is 2.29. The summed E-state index contributed by atoms with van der Waals surface area (Å²) in [6.45, 7) is 9.62. The topological polar surface area (TPSA) is 20.2 Å². The number of hydrogen-bond acceptors (Lipinski definition) is 1. The van der Waals surface area contributed by atoms with Gasteiger partial charge < -0.3 is 5.11 Å². The van der Waals surface area contributed by atoms with Crippen LogP contribution in [0.15, 0.2) is 12.1 Å². The smallest absolute Gasteiger partial charge is 0.142 e. The lowest BCUT2D eigenvalue weighted by Gasteiger charge is -2.02. The van der Waals surface area contributed by atoms with E-state index in [1.165, 1.54) is 12.1 Å². The van der Waals surface area contributed by atoms with Crippen molar-refractivity contribution < 1.29 is 9.50 Å². The van der Waals surface area contributed by atoms with Crippen molar-refractivity contribution >= 4 is 11.6 Å². The Balaban J connectivity index is 0. The Morgan fingerprint density at radius 3 is 2.07 bits per heavy atom. The molecule has 0 fully saturated rings. The molecule has 1 nitrogen and oxygen atoms in total. The summed E-state index contributed by atoms with van der Waals surface area (Å²) < 4.78 is 12.7. The standard InChI is InChI=1S/C8H8ClFO.2C2H6/c1-5-2-7(9)8(10)3-6(5)4-11;2*1-2/h2-3,11H,4H2,1H3;2*1-2H3. The molecular weight excluding hydrogens is 215 g/mol. The highest BCUT2D eigenvalue weighted by Crippen LogP contribution is 2.19. The van der Waals surface area contributed by atoms with Gasteiger partial charge in [-0.2, -0.15) is 0 Å². The van der Waals surface area contributed by atoms with Gasteiger partial charge in [-0.1, -0.05) is 39.3 Å². The third-order valence-electron chi connectivity index (χ3n) is 1.55. The molecular formula is C12H20ClFO. The molecule has 0 heterocycles. The van der Waals surface area contributed by atoms with Gasteiger partial charge in [-0.15, -0.1) is 0 Å². The quantitative estimate of drug-likeness (QED) is 0.767. The average molecular weight is 235 g/mol. The fraction of sp³-hybridized carbons (Fsp3) is 0.500. The molecule has 1 aromatic rings. The monoisotopic (exact) mass is 234 g/mol. The predicted molar refractivity (Wildman–Crippen MR) is 64.8 cm³/mol. The van der Waals surface area contributed by atoms with Crippen LogP contribution in [0, 0.1) is 12.7 Å². The molecule has 0 radical (unpaired) electrons. The van der Waals surface area contributed by atoms with Crippen molar-refractivity contribution in [1.82, 2.24) is 0 Å². The normalized spacial score (nSPS) is 8.27. The number of aliphatic hydroxyl groups excluding tert-OH is 1. The van der Waals surface area contributed by atoms with Crippen LogP contribution in [0.4, 0.5) is 4.39 Å². The van der Waals surface area contributed by atoms with E-state index in [2.05, 4.69) is 0 Å². The van der Waals surface area contributed by atoms with Gasteiger partial charge >= 0.3 is 0 Å². The van der Waals surface area contributed by atoms with Crippen molar-refractivity contribution in [3.05, 3.63) is 34.1 Å². The molecule has 0 saturated carbocycles. The van der Waals surface area contributed by atoms with Crippen LogP contribution < -0.4 is 0 Å². The molecule has 1 aromatic carbocycles. The molecule has 0 unspecified atom stereocenters. The van der Waals surface area contributed by atoms with Crippen molar-refractivity contribution in [1.29, 1.82) is 0 Å². The van der Waals surface area contributed by atoms with Crippen LogP contribution in [0.25, 0.3) is 0 Å². The molecule has 0 amide bonds. The summed E-state index contributed by atoms with van der Waals surface area (Å²) in [6.07, 6.45) is 0. The van der Waals surface area contributed by atoms with E-state index in [-0.39, 0.29) is 11.6 Å². The predicted octanol–water partition coefficient (Wildman–Crippen LogP) is 4.33. The molecule has 0 spiro atoms. The highest BCUT2D eigenvalue weighted by atomic mass is 35.5. The minimum Gasteiger partial charge on any atom is -0.392 e. The second-order valence-corrected chi connectivity index (χ2v) is 2.76. The number of aliphatic hydroxyl groups is 1. The third kappa shape index (κ3) is 5.75. The molecule has 0 aliphatic carbocycles. The first-order valence-electron chi connectivity index (χ1n) is 5.20. The van der Waals surface area contributed by atoms with Gasteiger partial charge in [-0.05, 0) is 30.2 Å². The fourth-order valence-corrected chi connectivity index (χ4v) is 1.08. The summed E-state index contributed by atoms with van der Waals surface area (Å²) in [7, 11) is 0. The second kappa shape index (κ2) is 9.94. The first-order valence-corrected chi connectivity index (χ1v) is 5.58. The number of benzene rings is 1. The molecule has 3 heteroatoms. The number of aryl methyl sites for hydroxylation is 1. The van der Waals surface area contributed by atoms with Crippen LogP contribution in [0.2, 0.25) is 5.02 Å². The van der Waals surface area contributed by atoms with Gasteiger partial charge in [0, 0.05) is 0 Å². The van der Waals surface area contributed by atoms with E-state index in [1.807, 2.05) is 27.7 Å². The van der Waals surface area contributed by atoms with Gasteiger partial charge in [0.05, 0.1) is 11.6 Å². The van der Waals surface area contributed by atoms with E-state index in [4.69, 9.17) is 16.7 Å². The molecule has 1 N–H and O–H groups in total. The zero-order valence-electron chi connectivity index (χ0n) is 10.1. The van der Waals surface area contributed by atoms with E-state index in [0.29, 0.717) is 5.56 Å². The van der Waals surface area contributed by atoms with Gasteiger partial charge in [-0.25, -0.2) is 4.39 Å². The lowest BCUT2D eigenvalue weighted by Crippen LogP contribution is -1.90. The molecule has 0 saturated heterocycles. The summed E-state index contributed by atoms with van der Waals surface area (Å²) in [6, 6.07) is 2.75. The SMILES string of the molecule is CC.CC.Cc1cc(Cl)c(F)cc1CO. The molecule has 88 valence electrons. The first-order chi connectivity index (χ1) is 7.15. The lowest BCUT2D eigenvalue weighted by molar-refractivity contribution is 0.280.